The molecule has 9 heteroatoms. The van der Waals surface area contributed by atoms with Crippen LogP contribution in [0.1, 0.15) is 55.2 Å². The molecular formula is C16H27IN6O2. The van der Waals surface area contributed by atoms with Crippen molar-refractivity contribution >= 4 is 29.9 Å². The van der Waals surface area contributed by atoms with Gasteiger partial charge in [0.2, 0.25) is 11.8 Å². The summed E-state index contributed by atoms with van der Waals surface area (Å²) in [5.74, 6) is 3.92. The maximum absolute atomic E-state index is 5.53. The molecule has 25 heavy (non-hydrogen) atoms. The third-order valence-corrected chi connectivity index (χ3v) is 3.56. The van der Waals surface area contributed by atoms with E-state index in [1.54, 1.807) is 7.05 Å². The SMILES string of the molecule is CN=C(NCCCc1nc(C(C)C)no1)NCc1nc(C)c(C)o1.I. The van der Waals surface area contributed by atoms with Gasteiger partial charge in [0.1, 0.15) is 5.76 Å². The molecular weight excluding hydrogens is 435 g/mol. The average Bonchev–Trinajstić information content (AvgIpc) is 3.14. The predicted octanol–water partition coefficient (Wildman–Crippen LogP) is 2.71. The van der Waals surface area contributed by atoms with E-state index in [9.17, 15) is 0 Å². The predicted molar refractivity (Wildman–Crippen MR) is 106 cm³/mol. The molecule has 2 aromatic rings. The summed E-state index contributed by atoms with van der Waals surface area (Å²) in [5, 5.41) is 10.4. The zero-order valence-corrected chi connectivity index (χ0v) is 17.7. The molecule has 0 radical (unpaired) electrons. The van der Waals surface area contributed by atoms with E-state index in [0.29, 0.717) is 24.3 Å². The first kappa shape index (κ1) is 21.4. The van der Waals surface area contributed by atoms with Gasteiger partial charge in [-0.25, -0.2) is 4.98 Å². The van der Waals surface area contributed by atoms with Crippen molar-refractivity contribution in [3.8, 4) is 0 Å². The quantitative estimate of drug-likeness (QED) is 0.282. The number of nitrogens with zero attached hydrogens (tertiary/aromatic N) is 4. The van der Waals surface area contributed by atoms with Gasteiger partial charge in [-0.3, -0.25) is 4.99 Å². The molecule has 0 amide bonds. The first-order valence-corrected chi connectivity index (χ1v) is 8.19. The van der Waals surface area contributed by atoms with Gasteiger partial charge in [0.05, 0.1) is 12.2 Å². The topological polar surface area (TPSA) is 101 Å². The van der Waals surface area contributed by atoms with Crippen LogP contribution in [0.15, 0.2) is 13.9 Å². The number of rotatable bonds is 7. The van der Waals surface area contributed by atoms with Crippen LogP contribution >= 0.6 is 24.0 Å². The van der Waals surface area contributed by atoms with Crippen molar-refractivity contribution in [2.24, 2.45) is 4.99 Å². The van der Waals surface area contributed by atoms with Crippen LogP contribution in [-0.4, -0.2) is 34.7 Å². The molecule has 0 fully saturated rings. The van der Waals surface area contributed by atoms with Gasteiger partial charge in [-0.15, -0.1) is 24.0 Å². The summed E-state index contributed by atoms with van der Waals surface area (Å²) in [4.78, 5) is 12.9. The first-order valence-electron chi connectivity index (χ1n) is 8.19. The van der Waals surface area contributed by atoms with E-state index in [0.717, 1.165) is 36.7 Å². The van der Waals surface area contributed by atoms with Crippen LogP contribution in [-0.2, 0) is 13.0 Å². The minimum Gasteiger partial charge on any atom is -0.444 e. The summed E-state index contributed by atoms with van der Waals surface area (Å²) in [5.41, 5.74) is 0.912. The number of aromatic nitrogens is 3. The van der Waals surface area contributed by atoms with E-state index in [1.165, 1.54) is 0 Å². The number of aliphatic imine (C=N–C) groups is 1. The maximum Gasteiger partial charge on any atom is 0.226 e. The molecule has 0 aliphatic carbocycles. The second-order valence-electron chi connectivity index (χ2n) is 5.91. The Hall–Kier alpha value is -1.65. The molecule has 0 atom stereocenters. The van der Waals surface area contributed by atoms with Gasteiger partial charge >= 0.3 is 0 Å². The normalized spacial score (nSPS) is 11.5. The van der Waals surface area contributed by atoms with Crippen molar-refractivity contribution in [2.45, 2.75) is 53.0 Å². The third kappa shape index (κ3) is 6.63. The Morgan fingerprint density at radius 2 is 1.92 bits per heavy atom. The molecule has 0 aliphatic rings. The van der Waals surface area contributed by atoms with Gasteiger partial charge in [0, 0.05) is 25.9 Å². The van der Waals surface area contributed by atoms with Crippen molar-refractivity contribution in [3.63, 3.8) is 0 Å². The van der Waals surface area contributed by atoms with Crippen molar-refractivity contribution in [3.05, 3.63) is 29.1 Å². The van der Waals surface area contributed by atoms with Crippen molar-refractivity contribution in [1.29, 1.82) is 0 Å². The highest BCUT2D eigenvalue weighted by Gasteiger charge is 2.09. The number of oxazole rings is 1. The number of guanidine groups is 1. The lowest BCUT2D eigenvalue weighted by molar-refractivity contribution is 0.368. The van der Waals surface area contributed by atoms with E-state index in [2.05, 4.69) is 30.8 Å². The number of halogens is 1. The second kappa shape index (κ2) is 10.4. The molecule has 0 spiro atoms. The molecule has 0 aromatic carbocycles. The lowest BCUT2D eigenvalue weighted by Gasteiger charge is -2.09. The van der Waals surface area contributed by atoms with Crippen molar-refractivity contribution < 1.29 is 8.94 Å². The summed E-state index contributed by atoms with van der Waals surface area (Å²) < 4.78 is 10.8. The smallest absolute Gasteiger partial charge is 0.226 e. The van der Waals surface area contributed by atoms with Gasteiger partial charge in [0.15, 0.2) is 11.8 Å². The average molecular weight is 462 g/mol. The molecule has 140 valence electrons. The number of nitrogens with one attached hydrogen (secondary N) is 2. The summed E-state index contributed by atoms with van der Waals surface area (Å²) >= 11 is 0. The molecule has 8 nitrogen and oxygen atoms in total. The summed E-state index contributed by atoms with van der Waals surface area (Å²) in [7, 11) is 1.73. The van der Waals surface area contributed by atoms with Crippen LogP contribution < -0.4 is 10.6 Å². The molecule has 2 N–H and O–H groups in total. The fraction of sp³-hybridized carbons (Fsp3) is 0.625. The van der Waals surface area contributed by atoms with E-state index in [-0.39, 0.29) is 29.9 Å². The summed E-state index contributed by atoms with van der Waals surface area (Å²) in [6.45, 7) is 9.17. The number of hydrogen-bond acceptors (Lipinski definition) is 6. The van der Waals surface area contributed by atoms with Crippen LogP contribution in [0.4, 0.5) is 0 Å². The Labute approximate surface area is 165 Å². The third-order valence-electron chi connectivity index (χ3n) is 3.56. The van der Waals surface area contributed by atoms with Gasteiger partial charge < -0.3 is 19.6 Å². The van der Waals surface area contributed by atoms with Crippen molar-refractivity contribution in [1.82, 2.24) is 25.8 Å². The van der Waals surface area contributed by atoms with Gasteiger partial charge in [-0.05, 0) is 20.3 Å². The molecule has 0 saturated heterocycles. The van der Waals surface area contributed by atoms with Crippen LogP contribution in [0, 0.1) is 13.8 Å². The standard InChI is InChI=1S/C16H26N6O2.HI/c1-10(2)15-21-13(24-22-15)7-6-8-18-16(17-5)19-9-14-20-11(3)12(4)23-14;/h10H,6-9H2,1-5H3,(H2,17,18,19);1H. The Bertz CT molecular complexity index is 660. The van der Waals surface area contributed by atoms with Crippen LogP contribution in [0.3, 0.4) is 0 Å². The lowest BCUT2D eigenvalue weighted by atomic mass is 10.2. The minimum absolute atomic E-state index is 0. The molecule has 0 bridgehead atoms. The minimum atomic E-state index is 0. The summed E-state index contributed by atoms with van der Waals surface area (Å²) in [6.07, 6.45) is 1.61. The number of hydrogen-bond donors (Lipinski definition) is 2. The molecule has 2 aromatic heterocycles. The highest BCUT2D eigenvalue weighted by atomic mass is 127. The van der Waals surface area contributed by atoms with E-state index in [1.807, 2.05) is 27.7 Å². The fourth-order valence-electron chi connectivity index (χ4n) is 2.05. The first-order chi connectivity index (χ1) is 11.5. The van der Waals surface area contributed by atoms with Crippen LogP contribution in [0.25, 0.3) is 0 Å². The van der Waals surface area contributed by atoms with Gasteiger partial charge in [0.25, 0.3) is 0 Å². The maximum atomic E-state index is 5.53. The van der Waals surface area contributed by atoms with Crippen LogP contribution in [0.2, 0.25) is 0 Å². The molecule has 0 aliphatic heterocycles. The highest BCUT2D eigenvalue weighted by molar-refractivity contribution is 14.0. The fourth-order valence-corrected chi connectivity index (χ4v) is 2.05. The number of aryl methyl sites for hydroxylation is 3. The Balaban J connectivity index is 0.00000312. The zero-order chi connectivity index (χ0) is 17.5. The molecule has 0 saturated carbocycles. The van der Waals surface area contributed by atoms with E-state index >= 15 is 0 Å². The molecule has 0 unspecified atom stereocenters. The second-order valence-corrected chi connectivity index (χ2v) is 5.91. The Morgan fingerprint density at radius 1 is 1.16 bits per heavy atom. The van der Waals surface area contributed by atoms with Gasteiger partial charge in [-0.1, -0.05) is 19.0 Å². The van der Waals surface area contributed by atoms with Gasteiger partial charge in [-0.2, -0.15) is 4.98 Å². The van der Waals surface area contributed by atoms with E-state index < -0.39 is 0 Å². The molecule has 2 heterocycles. The van der Waals surface area contributed by atoms with Crippen molar-refractivity contribution in [2.75, 3.05) is 13.6 Å². The summed E-state index contributed by atoms with van der Waals surface area (Å²) in [6, 6.07) is 0. The zero-order valence-electron chi connectivity index (χ0n) is 15.4. The van der Waals surface area contributed by atoms with Crippen LogP contribution in [0.5, 0.6) is 0 Å². The Morgan fingerprint density at radius 3 is 2.48 bits per heavy atom. The lowest BCUT2D eigenvalue weighted by Crippen LogP contribution is -2.37. The highest BCUT2D eigenvalue weighted by Crippen LogP contribution is 2.10. The largest absolute Gasteiger partial charge is 0.444 e. The molecule has 2 rings (SSSR count). The van der Waals surface area contributed by atoms with E-state index in [4.69, 9.17) is 8.94 Å². The monoisotopic (exact) mass is 462 g/mol. The Kier molecular flexibility index (Phi) is 8.87.